The number of halogens is 1. The first-order chi connectivity index (χ1) is 11.7. The van der Waals surface area contributed by atoms with Crippen LogP contribution in [0, 0.1) is 23.6 Å². The number of nitrogens with zero attached hydrogens (tertiary/aromatic N) is 3. The third-order valence-electron chi connectivity index (χ3n) is 6.23. The van der Waals surface area contributed by atoms with Crippen molar-refractivity contribution in [3.8, 4) is 0 Å². The minimum Gasteiger partial charge on any atom is -0.327 e. The van der Waals surface area contributed by atoms with Gasteiger partial charge < -0.3 is 4.57 Å². The van der Waals surface area contributed by atoms with E-state index in [0.29, 0.717) is 5.52 Å². The molecule has 1 saturated heterocycles. The van der Waals surface area contributed by atoms with Gasteiger partial charge in [-0.2, -0.15) is 0 Å². The van der Waals surface area contributed by atoms with E-state index in [4.69, 9.17) is 4.98 Å². The second-order valence-corrected chi connectivity index (χ2v) is 7.96. The molecular formula is C20H24FN3. The van der Waals surface area contributed by atoms with Gasteiger partial charge in [-0.05, 0) is 54.7 Å². The molecule has 0 spiro atoms. The fourth-order valence-corrected chi connectivity index (χ4v) is 4.45. The van der Waals surface area contributed by atoms with E-state index in [-0.39, 0.29) is 5.82 Å². The van der Waals surface area contributed by atoms with Crippen molar-refractivity contribution in [2.45, 2.75) is 38.8 Å². The van der Waals surface area contributed by atoms with Crippen molar-refractivity contribution in [3.63, 3.8) is 0 Å². The molecule has 0 bridgehead atoms. The molecule has 0 amide bonds. The minimum atomic E-state index is -0.222. The van der Waals surface area contributed by atoms with Gasteiger partial charge in [0.1, 0.15) is 11.3 Å². The molecule has 5 rings (SSSR count). The van der Waals surface area contributed by atoms with Crippen LogP contribution in [-0.2, 0) is 13.1 Å². The van der Waals surface area contributed by atoms with Crippen LogP contribution in [0.1, 0.15) is 37.1 Å². The predicted molar refractivity (Wildman–Crippen MR) is 94.0 cm³/mol. The molecule has 1 aromatic heterocycles. The number of hydrogen-bond acceptors (Lipinski definition) is 2. The third-order valence-corrected chi connectivity index (χ3v) is 6.23. The third kappa shape index (κ3) is 2.39. The second-order valence-electron chi connectivity index (χ2n) is 7.96. The Labute approximate surface area is 142 Å². The van der Waals surface area contributed by atoms with Crippen LogP contribution in [0.15, 0.2) is 18.7 Å². The van der Waals surface area contributed by atoms with Gasteiger partial charge in [0.05, 0.1) is 12.1 Å². The van der Waals surface area contributed by atoms with Gasteiger partial charge in [-0.15, -0.1) is 0 Å². The first-order valence-electron chi connectivity index (χ1n) is 9.24. The number of aromatic nitrogens is 2. The summed E-state index contributed by atoms with van der Waals surface area (Å²) in [5.41, 5.74) is 2.30. The fourth-order valence-electron chi connectivity index (χ4n) is 4.45. The molecule has 0 radical (unpaired) electrons. The van der Waals surface area contributed by atoms with Gasteiger partial charge in [-0.25, -0.2) is 9.37 Å². The summed E-state index contributed by atoms with van der Waals surface area (Å²) in [7, 11) is 0. The van der Waals surface area contributed by atoms with Gasteiger partial charge in [0.2, 0.25) is 0 Å². The van der Waals surface area contributed by atoms with Crippen LogP contribution < -0.4 is 0 Å². The smallest absolute Gasteiger partial charge is 0.151 e. The average molecular weight is 325 g/mol. The Kier molecular flexibility index (Phi) is 3.30. The summed E-state index contributed by atoms with van der Waals surface area (Å²) in [5, 5.41) is 0. The number of likely N-dealkylation sites (tertiary alicyclic amines) is 1. The lowest BCUT2D eigenvalue weighted by Crippen LogP contribution is -2.26. The largest absolute Gasteiger partial charge is 0.327 e. The first kappa shape index (κ1) is 14.6. The maximum atomic E-state index is 14.5. The maximum absolute atomic E-state index is 14.5. The fraction of sp³-hybridized carbons (Fsp3) is 0.550. The molecular weight excluding hydrogens is 301 g/mol. The average Bonchev–Trinajstić information content (AvgIpc) is 2.99. The van der Waals surface area contributed by atoms with E-state index in [1.165, 1.54) is 38.8 Å². The van der Waals surface area contributed by atoms with E-state index in [9.17, 15) is 4.39 Å². The van der Waals surface area contributed by atoms with Gasteiger partial charge in [0.25, 0.3) is 0 Å². The van der Waals surface area contributed by atoms with E-state index in [2.05, 4.69) is 16.0 Å². The van der Waals surface area contributed by atoms with Crippen LogP contribution in [0.3, 0.4) is 0 Å². The lowest BCUT2D eigenvalue weighted by atomic mass is 9.85. The Morgan fingerprint density at radius 2 is 2.04 bits per heavy atom. The number of fused-ring (bicyclic) bond motifs is 2. The van der Waals surface area contributed by atoms with Crippen molar-refractivity contribution in [3.05, 3.63) is 35.9 Å². The van der Waals surface area contributed by atoms with Gasteiger partial charge >= 0.3 is 0 Å². The highest BCUT2D eigenvalue weighted by Gasteiger charge is 2.45. The summed E-state index contributed by atoms with van der Waals surface area (Å²) in [6.07, 6.45) is 7.03. The Balaban J connectivity index is 1.54. The Morgan fingerprint density at radius 1 is 1.25 bits per heavy atom. The number of rotatable bonds is 5. The molecule has 2 unspecified atom stereocenters. The second kappa shape index (κ2) is 5.41. The highest BCUT2D eigenvalue weighted by Crippen LogP contribution is 2.45. The molecule has 2 heterocycles. The molecule has 1 aromatic carbocycles. The summed E-state index contributed by atoms with van der Waals surface area (Å²) in [5.74, 6) is 3.37. The van der Waals surface area contributed by atoms with Crippen molar-refractivity contribution in [2.75, 3.05) is 13.1 Å². The van der Waals surface area contributed by atoms with Gasteiger partial charge in [-0.1, -0.05) is 19.1 Å². The predicted octanol–water partition coefficient (Wildman–Crippen LogP) is 4.07. The van der Waals surface area contributed by atoms with Crippen LogP contribution in [-0.4, -0.2) is 27.5 Å². The molecule has 2 aromatic rings. The lowest BCUT2D eigenvalue weighted by Gasteiger charge is -2.27. The number of imidazole rings is 1. The zero-order chi connectivity index (χ0) is 16.3. The molecule has 2 aliphatic carbocycles. The number of benzene rings is 1. The lowest BCUT2D eigenvalue weighted by molar-refractivity contribution is 0.257. The molecule has 1 aliphatic heterocycles. The van der Waals surface area contributed by atoms with Gasteiger partial charge in [0.15, 0.2) is 5.82 Å². The Bertz CT molecular complexity index is 795. The highest BCUT2D eigenvalue weighted by molar-refractivity contribution is 5.79. The summed E-state index contributed by atoms with van der Waals surface area (Å²) in [6, 6.07) is 3.59. The van der Waals surface area contributed by atoms with Crippen molar-refractivity contribution in [1.29, 1.82) is 0 Å². The van der Waals surface area contributed by atoms with Crippen molar-refractivity contribution < 1.29 is 4.39 Å². The van der Waals surface area contributed by atoms with Crippen LogP contribution in [0.4, 0.5) is 4.39 Å². The van der Waals surface area contributed by atoms with Crippen LogP contribution >= 0.6 is 0 Å². The topological polar surface area (TPSA) is 21.1 Å². The molecule has 2 atom stereocenters. The summed E-state index contributed by atoms with van der Waals surface area (Å²) < 4.78 is 16.8. The minimum absolute atomic E-state index is 0.222. The van der Waals surface area contributed by atoms with Crippen molar-refractivity contribution in [1.82, 2.24) is 14.5 Å². The summed E-state index contributed by atoms with van der Waals surface area (Å²) >= 11 is 0. The first-order valence-corrected chi connectivity index (χ1v) is 9.24. The van der Waals surface area contributed by atoms with Crippen LogP contribution in [0.5, 0.6) is 0 Å². The van der Waals surface area contributed by atoms with E-state index in [1.54, 1.807) is 12.1 Å². The monoisotopic (exact) mass is 325 g/mol. The molecule has 0 N–H and O–H groups in total. The van der Waals surface area contributed by atoms with Crippen LogP contribution in [0.25, 0.3) is 17.1 Å². The number of hydrogen-bond donors (Lipinski definition) is 0. The Hall–Kier alpha value is -1.68. The van der Waals surface area contributed by atoms with Crippen molar-refractivity contribution >= 4 is 17.1 Å². The zero-order valence-electron chi connectivity index (χ0n) is 14.0. The summed E-state index contributed by atoms with van der Waals surface area (Å²) in [4.78, 5) is 7.22. The Morgan fingerprint density at radius 3 is 2.71 bits per heavy atom. The van der Waals surface area contributed by atoms with Gasteiger partial charge in [-0.3, -0.25) is 4.90 Å². The molecule has 2 saturated carbocycles. The molecule has 3 aliphatic rings. The molecule has 126 valence electrons. The molecule has 4 heteroatoms. The van der Waals surface area contributed by atoms with E-state index in [0.717, 1.165) is 47.7 Å². The maximum Gasteiger partial charge on any atom is 0.151 e. The van der Waals surface area contributed by atoms with E-state index >= 15 is 0 Å². The molecule has 3 nitrogen and oxygen atoms in total. The molecule has 24 heavy (non-hydrogen) atoms. The van der Waals surface area contributed by atoms with Crippen LogP contribution in [0.2, 0.25) is 0 Å². The highest BCUT2D eigenvalue weighted by atomic mass is 19.1. The summed E-state index contributed by atoms with van der Waals surface area (Å²) in [6.45, 7) is 8.02. The molecule has 3 fully saturated rings. The zero-order valence-corrected chi connectivity index (χ0v) is 14.0. The standard InChI is InChI=1S/C20H24FN3/c1-2-13-6-17(21)20-18(7-13)24(9-14-4-3-5-14)19(22-20)12-23-10-15-8-16(15)11-23/h2,6-7,14-16H,1,3-5,8-12H2. The SMILES string of the molecule is C=Cc1cc(F)c2nc(CN3CC4CC4C3)n(CC3CCC3)c2c1. The number of piperidine rings is 1. The van der Waals surface area contributed by atoms with E-state index in [1.807, 2.05) is 6.07 Å². The normalized spacial score (nSPS) is 26.5. The van der Waals surface area contributed by atoms with Gasteiger partial charge in [0, 0.05) is 19.6 Å². The van der Waals surface area contributed by atoms with E-state index < -0.39 is 0 Å². The quantitative estimate of drug-likeness (QED) is 0.826. The van der Waals surface area contributed by atoms with Crippen molar-refractivity contribution in [2.24, 2.45) is 17.8 Å².